The van der Waals surface area contributed by atoms with Gasteiger partial charge < -0.3 is 39.4 Å². The van der Waals surface area contributed by atoms with E-state index >= 15 is 0 Å². The highest BCUT2D eigenvalue weighted by Gasteiger charge is 2.44. The largest absolute Gasteiger partial charge is 0.457 e. The molecule has 6 atom stereocenters. The van der Waals surface area contributed by atoms with E-state index in [2.05, 4.69) is 38.2 Å². The zero-order valence-corrected chi connectivity index (χ0v) is 32.6. The molecule has 51 heavy (non-hydrogen) atoms. The number of carbonyl (C=O) groups is 1. The molecule has 0 spiro atoms. The van der Waals surface area contributed by atoms with Crippen LogP contribution in [0.2, 0.25) is 0 Å². The van der Waals surface area contributed by atoms with Crippen LogP contribution in [0.3, 0.4) is 0 Å². The molecule has 1 heterocycles. The van der Waals surface area contributed by atoms with Gasteiger partial charge in [-0.05, 0) is 44.9 Å². The summed E-state index contributed by atoms with van der Waals surface area (Å²) < 4.78 is 22.7. The van der Waals surface area contributed by atoms with E-state index in [9.17, 15) is 25.2 Å². The van der Waals surface area contributed by atoms with Gasteiger partial charge in [0.2, 0.25) is 0 Å². The van der Waals surface area contributed by atoms with E-state index in [0.29, 0.717) is 13.0 Å². The third-order valence-corrected chi connectivity index (χ3v) is 9.62. The van der Waals surface area contributed by atoms with Crippen molar-refractivity contribution < 1.29 is 44.2 Å². The zero-order valence-electron chi connectivity index (χ0n) is 32.6. The Morgan fingerprint density at radius 1 is 0.627 bits per heavy atom. The summed E-state index contributed by atoms with van der Waals surface area (Å²) in [5, 5.41) is 40.0. The Morgan fingerprint density at radius 3 is 1.73 bits per heavy atom. The number of allylic oxidation sites excluding steroid dienone is 4. The molecule has 9 heteroatoms. The van der Waals surface area contributed by atoms with Crippen LogP contribution in [-0.4, -0.2) is 89.6 Å². The lowest BCUT2D eigenvalue weighted by atomic mass is 9.99. The molecule has 0 aromatic carbocycles. The number of esters is 1. The number of carbonyl (C=O) groups excluding carboxylic acids is 1. The molecule has 1 aliphatic rings. The second kappa shape index (κ2) is 34.4. The third-order valence-electron chi connectivity index (χ3n) is 9.62. The van der Waals surface area contributed by atoms with Crippen LogP contribution in [0, 0.1) is 0 Å². The van der Waals surface area contributed by atoms with Crippen molar-refractivity contribution in [1.29, 1.82) is 0 Å². The van der Waals surface area contributed by atoms with Gasteiger partial charge in [0, 0.05) is 13.0 Å². The highest BCUT2D eigenvalue weighted by atomic mass is 16.7. The van der Waals surface area contributed by atoms with E-state index in [0.717, 1.165) is 44.9 Å². The topological polar surface area (TPSA) is 135 Å². The minimum absolute atomic E-state index is 0.113. The molecule has 0 aliphatic carbocycles. The van der Waals surface area contributed by atoms with Gasteiger partial charge >= 0.3 is 5.97 Å². The van der Waals surface area contributed by atoms with Gasteiger partial charge in [-0.2, -0.15) is 0 Å². The highest BCUT2D eigenvalue weighted by Crippen LogP contribution is 2.22. The van der Waals surface area contributed by atoms with Crippen molar-refractivity contribution in [2.45, 2.75) is 211 Å². The molecule has 300 valence electrons. The van der Waals surface area contributed by atoms with Crippen LogP contribution in [0.4, 0.5) is 0 Å². The maximum absolute atomic E-state index is 12.7. The summed E-state index contributed by atoms with van der Waals surface area (Å²) in [6.45, 7) is 4.52. The summed E-state index contributed by atoms with van der Waals surface area (Å²) in [5.41, 5.74) is 0. The standard InChI is InChI=1S/C42H78O9/c1-3-5-7-9-11-13-15-16-17-18-19-20-21-23-25-27-29-31-38(44)50-36(35-49-42-41(47)40(46)39(45)37(33-43)51-42)34-48-32-30-28-26-24-22-14-12-10-8-6-4-2/h11,13,16-17,36-37,39-43,45-47H,3-10,12,14-15,18-35H2,1-2H3/b13-11-,17-16-. The van der Waals surface area contributed by atoms with Crippen molar-refractivity contribution >= 4 is 5.97 Å². The Labute approximate surface area is 311 Å². The smallest absolute Gasteiger partial charge is 0.306 e. The van der Waals surface area contributed by atoms with Crippen LogP contribution in [-0.2, 0) is 23.7 Å². The fourth-order valence-corrected chi connectivity index (χ4v) is 6.29. The number of hydrogen-bond acceptors (Lipinski definition) is 9. The number of aliphatic hydroxyl groups is 4. The highest BCUT2D eigenvalue weighted by molar-refractivity contribution is 5.69. The number of ether oxygens (including phenoxy) is 4. The second-order valence-electron chi connectivity index (χ2n) is 14.4. The average molecular weight is 727 g/mol. The van der Waals surface area contributed by atoms with Gasteiger partial charge in [-0.1, -0.05) is 147 Å². The molecule has 1 saturated heterocycles. The SMILES string of the molecule is CCCCC/C=C\C/C=C\CCCCCCCCCC(=O)OC(COCCCCCCCCCCCCC)COC1OC(CO)C(O)C(O)C1O. The molecule has 1 rings (SSSR count). The second-order valence-corrected chi connectivity index (χ2v) is 14.4. The summed E-state index contributed by atoms with van der Waals surface area (Å²) in [5.74, 6) is -0.321. The van der Waals surface area contributed by atoms with Crippen molar-refractivity contribution in [1.82, 2.24) is 0 Å². The van der Waals surface area contributed by atoms with E-state index in [1.54, 1.807) is 0 Å². The normalized spacial score (nSPS) is 21.6. The fourth-order valence-electron chi connectivity index (χ4n) is 6.29. The first-order valence-electron chi connectivity index (χ1n) is 20.9. The van der Waals surface area contributed by atoms with Crippen molar-refractivity contribution in [2.24, 2.45) is 0 Å². The summed E-state index contributed by atoms with van der Waals surface area (Å²) in [4.78, 5) is 12.7. The summed E-state index contributed by atoms with van der Waals surface area (Å²) >= 11 is 0. The molecule has 1 aliphatic heterocycles. The molecule has 6 unspecified atom stereocenters. The molecule has 0 saturated carbocycles. The van der Waals surface area contributed by atoms with Crippen LogP contribution in [0.1, 0.15) is 174 Å². The predicted octanol–water partition coefficient (Wildman–Crippen LogP) is 8.64. The lowest BCUT2D eigenvalue weighted by Gasteiger charge is -2.39. The first kappa shape index (κ1) is 47.7. The lowest BCUT2D eigenvalue weighted by Crippen LogP contribution is -2.59. The van der Waals surface area contributed by atoms with Crippen LogP contribution in [0.25, 0.3) is 0 Å². The maximum Gasteiger partial charge on any atom is 0.306 e. The van der Waals surface area contributed by atoms with Gasteiger partial charge in [-0.3, -0.25) is 4.79 Å². The first-order chi connectivity index (χ1) is 24.9. The molecule has 0 amide bonds. The van der Waals surface area contributed by atoms with Crippen molar-refractivity contribution in [2.75, 3.05) is 26.4 Å². The van der Waals surface area contributed by atoms with Crippen LogP contribution < -0.4 is 0 Å². The molecule has 0 aromatic heterocycles. The van der Waals surface area contributed by atoms with E-state index in [1.165, 1.54) is 109 Å². The number of unbranched alkanes of at least 4 members (excludes halogenated alkanes) is 20. The van der Waals surface area contributed by atoms with Gasteiger partial charge in [0.15, 0.2) is 6.29 Å². The number of aliphatic hydroxyl groups excluding tert-OH is 4. The van der Waals surface area contributed by atoms with Gasteiger partial charge in [0.25, 0.3) is 0 Å². The van der Waals surface area contributed by atoms with E-state index in [1.807, 2.05) is 0 Å². The van der Waals surface area contributed by atoms with Gasteiger partial charge in [-0.25, -0.2) is 0 Å². The molecule has 0 aromatic rings. The Hall–Kier alpha value is -1.33. The Kier molecular flexibility index (Phi) is 32.2. The Morgan fingerprint density at radius 2 is 1.14 bits per heavy atom. The summed E-state index contributed by atoms with van der Waals surface area (Å²) in [7, 11) is 0. The number of rotatable bonds is 35. The third kappa shape index (κ3) is 26.1. The fraction of sp³-hybridized carbons (Fsp3) is 0.881. The molecular formula is C42H78O9. The molecule has 4 N–H and O–H groups in total. The molecule has 0 radical (unpaired) electrons. The average Bonchev–Trinajstić information content (AvgIpc) is 3.13. The number of hydrogen-bond donors (Lipinski definition) is 4. The zero-order chi connectivity index (χ0) is 37.2. The van der Waals surface area contributed by atoms with E-state index in [-0.39, 0.29) is 19.2 Å². The minimum atomic E-state index is -1.53. The summed E-state index contributed by atoms with van der Waals surface area (Å²) in [6.07, 6.45) is 30.5. The maximum atomic E-state index is 12.7. The Balaban J connectivity index is 2.29. The first-order valence-corrected chi connectivity index (χ1v) is 20.9. The molecule has 1 fully saturated rings. The lowest BCUT2D eigenvalue weighted by molar-refractivity contribution is -0.305. The van der Waals surface area contributed by atoms with Gasteiger partial charge in [-0.15, -0.1) is 0 Å². The van der Waals surface area contributed by atoms with Gasteiger partial charge in [0.05, 0.1) is 19.8 Å². The predicted molar refractivity (Wildman–Crippen MR) is 205 cm³/mol. The quantitative estimate of drug-likeness (QED) is 0.0288. The van der Waals surface area contributed by atoms with Crippen LogP contribution >= 0.6 is 0 Å². The molecule has 9 nitrogen and oxygen atoms in total. The van der Waals surface area contributed by atoms with Crippen LogP contribution in [0.15, 0.2) is 24.3 Å². The van der Waals surface area contributed by atoms with Gasteiger partial charge in [0.1, 0.15) is 30.5 Å². The summed E-state index contributed by atoms with van der Waals surface area (Å²) in [6, 6.07) is 0. The van der Waals surface area contributed by atoms with Crippen LogP contribution in [0.5, 0.6) is 0 Å². The molecular weight excluding hydrogens is 648 g/mol. The van der Waals surface area contributed by atoms with Crippen molar-refractivity contribution in [3.63, 3.8) is 0 Å². The van der Waals surface area contributed by atoms with Crippen molar-refractivity contribution in [3.05, 3.63) is 24.3 Å². The minimum Gasteiger partial charge on any atom is -0.457 e. The monoisotopic (exact) mass is 727 g/mol. The Bertz CT molecular complexity index is 833. The van der Waals surface area contributed by atoms with E-state index < -0.39 is 43.4 Å². The van der Waals surface area contributed by atoms with Crippen molar-refractivity contribution in [3.8, 4) is 0 Å². The molecule has 0 bridgehead atoms. The van der Waals surface area contributed by atoms with E-state index in [4.69, 9.17) is 18.9 Å².